The molecule has 1 aromatic carbocycles. The quantitative estimate of drug-likeness (QED) is 0.602. The molecular formula is C23H30N4O2. The van der Waals surface area contributed by atoms with E-state index in [1.165, 1.54) is 25.7 Å². The summed E-state index contributed by atoms with van der Waals surface area (Å²) < 4.78 is 5.26. The maximum absolute atomic E-state index is 12.4. The minimum absolute atomic E-state index is 0.101. The first-order chi connectivity index (χ1) is 14.2. The Kier molecular flexibility index (Phi) is 6.17. The molecule has 2 aromatic rings. The number of benzene rings is 1. The summed E-state index contributed by atoms with van der Waals surface area (Å²) >= 11 is 0. The number of hydrogen-bond donors (Lipinski definition) is 2. The Balaban J connectivity index is 1.32. The predicted octanol–water partition coefficient (Wildman–Crippen LogP) is 3.41. The molecule has 1 aromatic heterocycles. The maximum Gasteiger partial charge on any atom is 0.251 e. The van der Waals surface area contributed by atoms with Gasteiger partial charge >= 0.3 is 0 Å². The van der Waals surface area contributed by atoms with Gasteiger partial charge in [-0.1, -0.05) is 25.0 Å². The Labute approximate surface area is 172 Å². The molecule has 0 radical (unpaired) electrons. The van der Waals surface area contributed by atoms with E-state index >= 15 is 0 Å². The summed E-state index contributed by atoms with van der Waals surface area (Å²) in [4.78, 5) is 19.3. The number of aliphatic imine (C=N–C) groups is 1. The molecule has 154 valence electrons. The fraction of sp³-hybridized carbons (Fsp3) is 0.478. The highest BCUT2D eigenvalue weighted by atomic mass is 16.3. The van der Waals surface area contributed by atoms with Gasteiger partial charge in [0.15, 0.2) is 5.96 Å². The first-order valence-electron chi connectivity index (χ1n) is 10.6. The number of furan rings is 1. The van der Waals surface area contributed by atoms with E-state index in [4.69, 9.17) is 4.42 Å². The van der Waals surface area contributed by atoms with Crippen LogP contribution in [0, 0.1) is 11.8 Å². The summed E-state index contributed by atoms with van der Waals surface area (Å²) in [5.41, 5.74) is 1.71. The second kappa shape index (κ2) is 9.16. The number of nitrogens with one attached hydrogen (secondary N) is 2. The van der Waals surface area contributed by atoms with Gasteiger partial charge in [0.2, 0.25) is 0 Å². The largest absolute Gasteiger partial charge is 0.467 e. The van der Waals surface area contributed by atoms with Gasteiger partial charge in [0, 0.05) is 32.2 Å². The molecule has 2 N–H and O–H groups in total. The third kappa shape index (κ3) is 4.81. The van der Waals surface area contributed by atoms with E-state index in [0.717, 1.165) is 42.2 Å². The predicted molar refractivity (Wildman–Crippen MR) is 114 cm³/mol. The standard InChI is InChI=1S/C23H30N4O2/c1-24-23(27-15-19-7-2-3-8-20(19)16-27)26-13-17-6-4-9-18(12-17)22(28)25-14-21-10-5-11-29-21/h4-6,9-12,19-20H,2-3,7-8,13-16H2,1H3,(H,24,26)(H,25,28). The van der Waals surface area contributed by atoms with Crippen molar-refractivity contribution in [2.24, 2.45) is 16.8 Å². The molecule has 2 atom stereocenters. The summed E-state index contributed by atoms with van der Waals surface area (Å²) in [5, 5.41) is 6.38. The molecule has 1 aliphatic heterocycles. The van der Waals surface area contributed by atoms with Crippen LogP contribution in [-0.4, -0.2) is 36.9 Å². The van der Waals surface area contributed by atoms with Gasteiger partial charge in [-0.2, -0.15) is 0 Å². The second-order valence-corrected chi connectivity index (χ2v) is 8.07. The van der Waals surface area contributed by atoms with Crippen LogP contribution < -0.4 is 10.6 Å². The Morgan fingerprint density at radius 3 is 2.59 bits per heavy atom. The number of guanidine groups is 1. The molecule has 1 amide bonds. The van der Waals surface area contributed by atoms with Crippen LogP contribution in [0.2, 0.25) is 0 Å². The number of amides is 1. The van der Waals surface area contributed by atoms with E-state index in [2.05, 4.69) is 20.5 Å². The smallest absolute Gasteiger partial charge is 0.251 e. The Morgan fingerprint density at radius 2 is 1.90 bits per heavy atom. The number of likely N-dealkylation sites (tertiary alicyclic amines) is 1. The zero-order valence-electron chi connectivity index (χ0n) is 17.1. The summed E-state index contributed by atoms with van der Waals surface area (Å²) in [6.07, 6.45) is 7.06. The second-order valence-electron chi connectivity index (χ2n) is 8.07. The van der Waals surface area contributed by atoms with Gasteiger partial charge in [0.25, 0.3) is 5.91 Å². The van der Waals surface area contributed by atoms with Gasteiger partial charge in [-0.15, -0.1) is 0 Å². The van der Waals surface area contributed by atoms with Crippen molar-refractivity contribution in [1.29, 1.82) is 0 Å². The molecule has 4 rings (SSSR count). The van der Waals surface area contributed by atoms with Crippen LogP contribution in [0.5, 0.6) is 0 Å². The highest BCUT2D eigenvalue weighted by Gasteiger charge is 2.35. The zero-order valence-corrected chi connectivity index (χ0v) is 17.1. The molecule has 29 heavy (non-hydrogen) atoms. The molecule has 0 bridgehead atoms. The minimum atomic E-state index is -0.101. The molecule has 0 spiro atoms. The number of rotatable bonds is 5. The highest BCUT2D eigenvalue weighted by Crippen LogP contribution is 2.35. The average Bonchev–Trinajstić information content (AvgIpc) is 3.42. The minimum Gasteiger partial charge on any atom is -0.467 e. The number of carbonyl (C=O) groups excluding carboxylic acids is 1. The summed E-state index contributed by atoms with van der Waals surface area (Å²) in [6, 6.07) is 11.4. The van der Waals surface area contributed by atoms with Crippen molar-refractivity contribution in [3.8, 4) is 0 Å². The van der Waals surface area contributed by atoms with Crippen molar-refractivity contribution >= 4 is 11.9 Å². The molecule has 1 aliphatic carbocycles. The third-order valence-electron chi connectivity index (χ3n) is 6.13. The molecule has 2 fully saturated rings. The topological polar surface area (TPSA) is 69.9 Å². The molecule has 6 heteroatoms. The van der Waals surface area contributed by atoms with Crippen molar-refractivity contribution in [2.75, 3.05) is 20.1 Å². The fourth-order valence-electron chi connectivity index (χ4n) is 4.60. The van der Waals surface area contributed by atoms with Crippen LogP contribution in [0.1, 0.15) is 47.4 Å². The molecule has 6 nitrogen and oxygen atoms in total. The van der Waals surface area contributed by atoms with Crippen molar-refractivity contribution in [3.63, 3.8) is 0 Å². The van der Waals surface area contributed by atoms with E-state index in [1.807, 2.05) is 43.4 Å². The molecule has 2 heterocycles. The molecule has 1 saturated carbocycles. The molecule has 2 unspecified atom stereocenters. The van der Waals surface area contributed by atoms with Crippen LogP contribution in [-0.2, 0) is 13.1 Å². The lowest BCUT2D eigenvalue weighted by Crippen LogP contribution is -2.39. The molecular weight excluding hydrogens is 364 g/mol. The third-order valence-corrected chi connectivity index (χ3v) is 6.13. The highest BCUT2D eigenvalue weighted by molar-refractivity contribution is 5.94. The van der Waals surface area contributed by atoms with Gasteiger partial charge in [-0.3, -0.25) is 9.79 Å². The van der Waals surface area contributed by atoms with Crippen LogP contribution in [0.4, 0.5) is 0 Å². The van der Waals surface area contributed by atoms with Crippen molar-refractivity contribution in [3.05, 3.63) is 59.5 Å². The lowest BCUT2D eigenvalue weighted by Gasteiger charge is -2.22. The SMILES string of the molecule is CN=C(NCc1cccc(C(=O)NCc2ccco2)c1)N1CC2CCCCC2C1. The first kappa shape index (κ1) is 19.6. The van der Waals surface area contributed by atoms with Gasteiger partial charge < -0.3 is 20.0 Å². The lowest BCUT2D eigenvalue weighted by molar-refractivity contribution is 0.0948. The normalized spacial score (nSPS) is 21.7. The van der Waals surface area contributed by atoms with Crippen LogP contribution in [0.25, 0.3) is 0 Å². The Hall–Kier alpha value is -2.76. The van der Waals surface area contributed by atoms with Gasteiger partial charge in [-0.25, -0.2) is 0 Å². The van der Waals surface area contributed by atoms with E-state index in [9.17, 15) is 4.79 Å². The zero-order chi connectivity index (χ0) is 20.1. The van der Waals surface area contributed by atoms with Crippen LogP contribution in [0.15, 0.2) is 52.1 Å². The number of fused-ring (bicyclic) bond motifs is 1. The number of carbonyl (C=O) groups is 1. The summed E-state index contributed by atoms with van der Waals surface area (Å²) in [6.45, 7) is 3.26. The molecule has 2 aliphatic rings. The van der Waals surface area contributed by atoms with Crippen molar-refractivity contribution in [2.45, 2.75) is 38.8 Å². The Morgan fingerprint density at radius 1 is 1.10 bits per heavy atom. The van der Waals surface area contributed by atoms with E-state index in [0.29, 0.717) is 18.7 Å². The van der Waals surface area contributed by atoms with E-state index in [-0.39, 0.29) is 5.91 Å². The van der Waals surface area contributed by atoms with Gasteiger partial charge in [0.1, 0.15) is 5.76 Å². The summed E-state index contributed by atoms with van der Waals surface area (Å²) in [7, 11) is 1.85. The van der Waals surface area contributed by atoms with Crippen molar-refractivity contribution < 1.29 is 9.21 Å². The molecule has 1 saturated heterocycles. The monoisotopic (exact) mass is 394 g/mol. The van der Waals surface area contributed by atoms with Crippen LogP contribution in [0.3, 0.4) is 0 Å². The fourth-order valence-corrected chi connectivity index (χ4v) is 4.60. The van der Waals surface area contributed by atoms with Crippen molar-refractivity contribution in [1.82, 2.24) is 15.5 Å². The van der Waals surface area contributed by atoms with Gasteiger partial charge in [-0.05, 0) is 54.5 Å². The van der Waals surface area contributed by atoms with Crippen LogP contribution >= 0.6 is 0 Å². The van der Waals surface area contributed by atoms with E-state index < -0.39 is 0 Å². The lowest BCUT2D eigenvalue weighted by atomic mass is 9.82. The summed E-state index contributed by atoms with van der Waals surface area (Å²) in [5.74, 6) is 3.25. The average molecular weight is 395 g/mol. The van der Waals surface area contributed by atoms with E-state index in [1.54, 1.807) is 6.26 Å². The maximum atomic E-state index is 12.4. The van der Waals surface area contributed by atoms with Gasteiger partial charge in [0.05, 0.1) is 12.8 Å². The number of nitrogens with zero attached hydrogens (tertiary/aromatic N) is 2. The number of hydrogen-bond acceptors (Lipinski definition) is 3. The Bertz CT molecular complexity index is 832. The first-order valence-corrected chi connectivity index (χ1v) is 10.6.